The molecule has 0 aromatic carbocycles. The van der Waals surface area contributed by atoms with E-state index in [2.05, 4.69) is 0 Å². The summed E-state index contributed by atoms with van der Waals surface area (Å²) in [4.78, 5) is 31.8. The second kappa shape index (κ2) is 3.46. The Balaban J connectivity index is 4.65. The Bertz CT molecular complexity index is 237. The highest BCUT2D eigenvalue weighted by molar-refractivity contribution is 6.14. The first-order chi connectivity index (χ1) is 5.00. The van der Waals surface area contributed by atoms with Crippen LogP contribution in [-0.4, -0.2) is 22.6 Å². The molecular formula is C6H6N2O3. The molecule has 5 nitrogen and oxygen atoms in total. The van der Waals surface area contributed by atoms with E-state index < -0.39 is 17.7 Å². The van der Waals surface area contributed by atoms with Crippen molar-refractivity contribution >= 4 is 17.7 Å². The highest BCUT2D eigenvalue weighted by Crippen LogP contribution is 1.90. The zero-order valence-electron chi connectivity index (χ0n) is 6.12. The Kier molecular flexibility index (Phi) is 2.93. The summed E-state index contributed by atoms with van der Waals surface area (Å²) in [5, 5.41) is 8.06. The van der Waals surface area contributed by atoms with Gasteiger partial charge in [-0.05, 0) is 0 Å². The van der Waals surface area contributed by atoms with Crippen LogP contribution in [0.3, 0.4) is 0 Å². The SMILES string of the molecule is CC(=O)N(C(C)=O)C(=O)C#N. The van der Waals surface area contributed by atoms with Crippen LogP contribution in [-0.2, 0) is 14.4 Å². The second-order valence-corrected chi connectivity index (χ2v) is 1.79. The molecule has 0 bridgehead atoms. The first kappa shape index (κ1) is 9.30. The summed E-state index contributed by atoms with van der Waals surface area (Å²) in [6.07, 6.45) is 0. The molecule has 0 saturated heterocycles. The van der Waals surface area contributed by atoms with E-state index in [-0.39, 0.29) is 4.90 Å². The fourth-order valence-corrected chi connectivity index (χ4v) is 0.558. The highest BCUT2D eigenvalue weighted by atomic mass is 16.2. The zero-order chi connectivity index (χ0) is 9.02. The Morgan fingerprint density at radius 3 is 1.64 bits per heavy atom. The quantitative estimate of drug-likeness (QED) is 0.438. The summed E-state index contributed by atoms with van der Waals surface area (Å²) >= 11 is 0. The molecule has 11 heavy (non-hydrogen) atoms. The Hall–Kier alpha value is -1.70. The molecule has 0 aromatic heterocycles. The third-order valence-electron chi connectivity index (χ3n) is 0.929. The van der Waals surface area contributed by atoms with Crippen LogP contribution >= 0.6 is 0 Å². The minimum Gasteiger partial charge on any atom is -0.274 e. The van der Waals surface area contributed by atoms with E-state index in [1.54, 1.807) is 0 Å². The van der Waals surface area contributed by atoms with Crippen LogP contribution in [0.1, 0.15) is 13.8 Å². The first-order valence-corrected chi connectivity index (χ1v) is 2.76. The standard InChI is InChI=1S/C6H6N2O3/c1-4(9)8(5(2)10)6(11)3-7/h1-2H3. The molecule has 0 fully saturated rings. The van der Waals surface area contributed by atoms with E-state index >= 15 is 0 Å². The van der Waals surface area contributed by atoms with Crippen molar-refractivity contribution in [2.24, 2.45) is 0 Å². The predicted octanol–water partition coefficient (Wildman–Crippen LogP) is -0.568. The summed E-state index contributed by atoms with van der Waals surface area (Å²) in [7, 11) is 0. The van der Waals surface area contributed by atoms with Crippen molar-refractivity contribution in [2.45, 2.75) is 13.8 Å². The number of carbonyl (C=O) groups excluding carboxylic acids is 3. The molecule has 0 spiro atoms. The van der Waals surface area contributed by atoms with E-state index in [1.807, 2.05) is 0 Å². The minimum absolute atomic E-state index is 0.278. The fraction of sp³-hybridized carbons (Fsp3) is 0.333. The number of imide groups is 3. The van der Waals surface area contributed by atoms with Crippen LogP contribution in [0, 0.1) is 11.3 Å². The Labute approximate surface area is 63.2 Å². The average molecular weight is 154 g/mol. The normalized spacial score (nSPS) is 8.09. The van der Waals surface area contributed by atoms with E-state index in [0.29, 0.717) is 0 Å². The lowest BCUT2D eigenvalue weighted by Crippen LogP contribution is -2.37. The largest absolute Gasteiger partial charge is 0.338 e. The van der Waals surface area contributed by atoms with Gasteiger partial charge in [-0.3, -0.25) is 14.4 Å². The van der Waals surface area contributed by atoms with E-state index in [4.69, 9.17) is 5.26 Å². The molecule has 0 saturated carbocycles. The molecule has 5 heteroatoms. The smallest absolute Gasteiger partial charge is 0.274 e. The van der Waals surface area contributed by atoms with Crippen LogP contribution in [0.5, 0.6) is 0 Å². The van der Waals surface area contributed by atoms with Gasteiger partial charge in [0.25, 0.3) is 0 Å². The number of amides is 3. The van der Waals surface area contributed by atoms with Gasteiger partial charge in [-0.2, -0.15) is 5.26 Å². The average Bonchev–Trinajstić information content (AvgIpc) is 1.85. The number of rotatable bonds is 0. The molecule has 0 unspecified atom stereocenters. The maximum absolute atomic E-state index is 10.5. The van der Waals surface area contributed by atoms with Crippen LogP contribution < -0.4 is 0 Å². The maximum Gasteiger partial charge on any atom is 0.338 e. The van der Waals surface area contributed by atoms with E-state index in [1.165, 1.54) is 6.07 Å². The topological polar surface area (TPSA) is 78.2 Å². The minimum atomic E-state index is -1.15. The van der Waals surface area contributed by atoms with Crippen LogP contribution in [0.25, 0.3) is 0 Å². The number of nitriles is 1. The molecule has 0 aliphatic rings. The predicted molar refractivity (Wildman–Crippen MR) is 33.8 cm³/mol. The fourth-order valence-electron chi connectivity index (χ4n) is 0.558. The van der Waals surface area contributed by atoms with Gasteiger partial charge in [-0.15, -0.1) is 0 Å². The van der Waals surface area contributed by atoms with Crippen LogP contribution in [0.15, 0.2) is 0 Å². The molecule has 3 amide bonds. The monoisotopic (exact) mass is 154 g/mol. The molecule has 0 N–H and O–H groups in total. The molecule has 0 heterocycles. The molecular weight excluding hydrogens is 148 g/mol. The lowest BCUT2D eigenvalue weighted by atomic mass is 10.4. The summed E-state index contributed by atoms with van der Waals surface area (Å²) in [6, 6.07) is 1.17. The lowest BCUT2D eigenvalue weighted by molar-refractivity contribution is -0.149. The van der Waals surface area contributed by atoms with Crippen molar-refractivity contribution < 1.29 is 14.4 Å². The molecule has 0 aromatic rings. The van der Waals surface area contributed by atoms with Gasteiger partial charge >= 0.3 is 5.91 Å². The number of hydrogen-bond acceptors (Lipinski definition) is 4. The van der Waals surface area contributed by atoms with E-state index in [0.717, 1.165) is 13.8 Å². The number of nitrogens with zero attached hydrogens (tertiary/aromatic N) is 2. The van der Waals surface area contributed by atoms with Crippen molar-refractivity contribution in [3.8, 4) is 6.07 Å². The van der Waals surface area contributed by atoms with Crippen LogP contribution in [0.2, 0.25) is 0 Å². The Morgan fingerprint density at radius 1 is 1.18 bits per heavy atom. The van der Waals surface area contributed by atoms with Crippen molar-refractivity contribution in [3.63, 3.8) is 0 Å². The van der Waals surface area contributed by atoms with Crippen molar-refractivity contribution in [2.75, 3.05) is 0 Å². The molecule has 58 valence electrons. The summed E-state index contributed by atoms with van der Waals surface area (Å²) < 4.78 is 0. The van der Waals surface area contributed by atoms with E-state index in [9.17, 15) is 14.4 Å². The van der Waals surface area contributed by atoms with Gasteiger partial charge < -0.3 is 0 Å². The lowest BCUT2D eigenvalue weighted by Gasteiger charge is -2.08. The molecule has 0 atom stereocenters. The summed E-state index contributed by atoms with van der Waals surface area (Å²) in [6.45, 7) is 2.08. The van der Waals surface area contributed by atoms with Gasteiger partial charge in [-0.1, -0.05) is 0 Å². The van der Waals surface area contributed by atoms with Crippen LogP contribution in [0.4, 0.5) is 0 Å². The zero-order valence-corrected chi connectivity index (χ0v) is 6.12. The van der Waals surface area contributed by atoms with Gasteiger partial charge in [0.05, 0.1) is 0 Å². The highest BCUT2D eigenvalue weighted by Gasteiger charge is 2.21. The molecule has 0 rings (SSSR count). The van der Waals surface area contributed by atoms with Crippen molar-refractivity contribution in [1.29, 1.82) is 5.26 Å². The Morgan fingerprint density at radius 2 is 1.55 bits per heavy atom. The summed E-state index contributed by atoms with van der Waals surface area (Å²) in [5.74, 6) is -2.64. The third-order valence-corrected chi connectivity index (χ3v) is 0.929. The summed E-state index contributed by atoms with van der Waals surface area (Å²) in [5.41, 5.74) is 0. The third kappa shape index (κ3) is 2.18. The van der Waals surface area contributed by atoms with Gasteiger partial charge in [0.2, 0.25) is 11.8 Å². The van der Waals surface area contributed by atoms with Gasteiger partial charge in [0, 0.05) is 13.8 Å². The first-order valence-electron chi connectivity index (χ1n) is 2.76. The van der Waals surface area contributed by atoms with Gasteiger partial charge in [0.1, 0.15) is 0 Å². The molecule has 0 aliphatic carbocycles. The maximum atomic E-state index is 10.5. The number of carbonyl (C=O) groups is 3. The van der Waals surface area contributed by atoms with Crippen molar-refractivity contribution in [1.82, 2.24) is 4.90 Å². The molecule has 0 radical (unpaired) electrons. The van der Waals surface area contributed by atoms with Crippen molar-refractivity contribution in [3.05, 3.63) is 0 Å². The second-order valence-electron chi connectivity index (χ2n) is 1.79. The van der Waals surface area contributed by atoms with Gasteiger partial charge in [0.15, 0.2) is 6.07 Å². The van der Waals surface area contributed by atoms with Gasteiger partial charge in [-0.25, -0.2) is 4.90 Å². The molecule has 0 aliphatic heterocycles. The number of hydrogen-bond donors (Lipinski definition) is 0.